The Kier molecular flexibility index (Phi) is 4.98. The third kappa shape index (κ3) is 3.95. The first-order valence-electron chi connectivity index (χ1n) is 5.90. The second-order valence-corrected chi connectivity index (χ2v) is 5.86. The Morgan fingerprint density at radius 3 is 2.75 bits per heavy atom. The minimum atomic E-state index is -0.440. The van der Waals surface area contributed by atoms with Gasteiger partial charge in [0.15, 0.2) is 0 Å². The fourth-order valence-corrected chi connectivity index (χ4v) is 2.46. The van der Waals surface area contributed by atoms with Gasteiger partial charge in [0.2, 0.25) is 5.91 Å². The monoisotopic (exact) mass is 310 g/mol. The van der Waals surface area contributed by atoms with Crippen LogP contribution < -0.4 is 5.32 Å². The molecule has 3 nitrogen and oxygen atoms in total. The second-order valence-electron chi connectivity index (χ2n) is 4.04. The molecule has 0 aliphatic heterocycles. The van der Waals surface area contributed by atoms with Crippen molar-refractivity contribution in [2.75, 3.05) is 5.32 Å². The van der Waals surface area contributed by atoms with Gasteiger partial charge in [0.1, 0.15) is 11.6 Å². The molecule has 1 aromatic carbocycles. The summed E-state index contributed by atoms with van der Waals surface area (Å²) >= 11 is 6.87. The predicted octanol–water partition coefficient (Wildman–Crippen LogP) is 3.99. The SMILES string of the molecule is C[C@@H](Sc1ccccc1F)C(=O)Nc1ccc(Cl)cn1. The number of aromatic nitrogens is 1. The van der Waals surface area contributed by atoms with Crippen molar-refractivity contribution in [3.63, 3.8) is 0 Å². The molecule has 20 heavy (non-hydrogen) atoms. The number of hydrogen-bond donors (Lipinski definition) is 1. The first-order valence-corrected chi connectivity index (χ1v) is 7.15. The van der Waals surface area contributed by atoms with E-state index in [0.717, 1.165) is 11.8 Å². The van der Waals surface area contributed by atoms with Gasteiger partial charge in [0.25, 0.3) is 0 Å². The highest BCUT2D eigenvalue weighted by Crippen LogP contribution is 2.26. The molecule has 6 heteroatoms. The quantitative estimate of drug-likeness (QED) is 0.868. The van der Waals surface area contributed by atoms with E-state index in [0.29, 0.717) is 15.7 Å². The van der Waals surface area contributed by atoms with E-state index in [1.807, 2.05) is 0 Å². The van der Waals surface area contributed by atoms with Crippen molar-refractivity contribution in [1.82, 2.24) is 4.98 Å². The minimum absolute atomic E-state index is 0.243. The van der Waals surface area contributed by atoms with Crippen LogP contribution in [0.1, 0.15) is 6.92 Å². The molecule has 0 unspecified atom stereocenters. The topological polar surface area (TPSA) is 42.0 Å². The van der Waals surface area contributed by atoms with Crippen LogP contribution >= 0.6 is 23.4 Å². The van der Waals surface area contributed by atoms with Crippen molar-refractivity contribution in [3.8, 4) is 0 Å². The standard InChI is InChI=1S/C14H12ClFN2OS/c1-9(20-12-5-3-2-4-11(12)16)14(19)18-13-7-6-10(15)8-17-13/h2-9H,1H3,(H,17,18,19)/t9-/m1/s1. The molecule has 0 fully saturated rings. The van der Waals surface area contributed by atoms with Gasteiger partial charge in [0.05, 0.1) is 10.3 Å². The summed E-state index contributed by atoms with van der Waals surface area (Å²) in [7, 11) is 0. The Hall–Kier alpha value is -1.59. The lowest BCUT2D eigenvalue weighted by Crippen LogP contribution is -2.23. The lowest BCUT2D eigenvalue weighted by atomic mass is 10.3. The minimum Gasteiger partial charge on any atom is -0.310 e. The van der Waals surface area contributed by atoms with E-state index >= 15 is 0 Å². The van der Waals surface area contributed by atoms with Crippen molar-refractivity contribution in [2.45, 2.75) is 17.1 Å². The van der Waals surface area contributed by atoms with Gasteiger partial charge >= 0.3 is 0 Å². The van der Waals surface area contributed by atoms with E-state index < -0.39 is 5.25 Å². The molecule has 0 aliphatic carbocycles. The Morgan fingerprint density at radius 2 is 2.10 bits per heavy atom. The zero-order valence-electron chi connectivity index (χ0n) is 10.6. The largest absolute Gasteiger partial charge is 0.310 e. The van der Waals surface area contributed by atoms with E-state index in [4.69, 9.17) is 11.6 Å². The van der Waals surface area contributed by atoms with E-state index in [-0.39, 0.29) is 11.7 Å². The van der Waals surface area contributed by atoms with Gasteiger partial charge in [-0.25, -0.2) is 9.37 Å². The number of thioether (sulfide) groups is 1. The number of pyridine rings is 1. The average Bonchev–Trinajstić information content (AvgIpc) is 2.44. The van der Waals surface area contributed by atoms with Gasteiger partial charge in [-0.05, 0) is 31.2 Å². The maximum Gasteiger partial charge on any atom is 0.238 e. The summed E-state index contributed by atoms with van der Waals surface area (Å²) in [5.41, 5.74) is 0. The molecule has 1 aromatic heterocycles. The molecule has 0 saturated carbocycles. The van der Waals surface area contributed by atoms with Crippen molar-refractivity contribution < 1.29 is 9.18 Å². The normalized spacial score (nSPS) is 11.9. The zero-order chi connectivity index (χ0) is 14.5. The number of nitrogens with zero attached hydrogens (tertiary/aromatic N) is 1. The number of hydrogen-bond acceptors (Lipinski definition) is 3. The summed E-state index contributed by atoms with van der Waals surface area (Å²) < 4.78 is 13.5. The van der Waals surface area contributed by atoms with Crippen molar-refractivity contribution in [1.29, 1.82) is 0 Å². The highest BCUT2D eigenvalue weighted by atomic mass is 35.5. The average molecular weight is 311 g/mol. The Morgan fingerprint density at radius 1 is 1.35 bits per heavy atom. The Bertz CT molecular complexity index is 606. The Labute approximate surface area is 125 Å². The summed E-state index contributed by atoms with van der Waals surface area (Å²) in [5.74, 6) is -0.157. The molecule has 0 aliphatic rings. The van der Waals surface area contributed by atoms with Crippen LogP contribution in [0.25, 0.3) is 0 Å². The van der Waals surface area contributed by atoms with E-state index in [2.05, 4.69) is 10.3 Å². The molecule has 0 saturated heterocycles. The number of carbonyl (C=O) groups is 1. The van der Waals surface area contributed by atoms with Crippen molar-refractivity contribution in [2.24, 2.45) is 0 Å². The molecule has 0 bridgehead atoms. The van der Waals surface area contributed by atoms with Crippen LogP contribution in [0.5, 0.6) is 0 Å². The lowest BCUT2D eigenvalue weighted by Gasteiger charge is -2.11. The van der Waals surface area contributed by atoms with Gasteiger partial charge in [-0.15, -0.1) is 11.8 Å². The molecule has 2 aromatic rings. The summed E-state index contributed by atoms with van der Waals surface area (Å²) in [6, 6.07) is 9.61. The fraction of sp³-hybridized carbons (Fsp3) is 0.143. The fourth-order valence-electron chi connectivity index (χ4n) is 1.46. The molecule has 2 rings (SSSR count). The predicted molar refractivity (Wildman–Crippen MR) is 79.6 cm³/mol. The third-order valence-electron chi connectivity index (χ3n) is 2.49. The highest BCUT2D eigenvalue weighted by Gasteiger charge is 2.16. The number of benzene rings is 1. The van der Waals surface area contributed by atoms with Crippen LogP contribution in [-0.2, 0) is 4.79 Å². The first kappa shape index (κ1) is 14.8. The highest BCUT2D eigenvalue weighted by molar-refractivity contribution is 8.00. The van der Waals surface area contributed by atoms with Crippen LogP contribution in [0.2, 0.25) is 5.02 Å². The maximum absolute atomic E-state index is 13.5. The van der Waals surface area contributed by atoms with Crippen LogP contribution in [-0.4, -0.2) is 16.1 Å². The number of carbonyl (C=O) groups excluding carboxylic acids is 1. The Balaban J connectivity index is 1.99. The van der Waals surface area contributed by atoms with E-state index in [1.54, 1.807) is 37.3 Å². The number of nitrogens with one attached hydrogen (secondary N) is 1. The smallest absolute Gasteiger partial charge is 0.238 e. The molecule has 1 atom stereocenters. The second kappa shape index (κ2) is 6.72. The summed E-state index contributed by atoms with van der Waals surface area (Å²) in [6.07, 6.45) is 1.45. The lowest BCUT2D eigenvalue weighted by molar-refractivity contribution is -0.115. The zero-order valence-corrected chi connectivity index (χ0v) is 12.2. The van der Waals surface area contributed by atoms with Crippen LogP contribution in [0, 0.1) is 5.82 Å². The van der Waals surface area contributed by atoms with Crippen LogP contribution in [0.3, 0.4) is 0 Å². The van der Waals surface area contributed by atoms with Crippen molar-refractivity contribution in [3.05, 3.63) is 53.4 Å². The molecular weight excluding hydrogens is 299 g/mol. The van der Waals surface area contributed by atoms with Gasteiger partial charge < -0.3 is 5.32 Å². The maximum atomic E-state index is 13.5. The van der Waals surface area contributed by atoms with Gasteiger partial charge in [-0.3, -0.25) is 4.79 Å². The molecular formula is C14H12ClFN2OS. The van der Waals surface area contributed by atoms with Crippen molar-refractivity contribution >= 4 is 35.1 Å². The molecule has 0 spiro atoms. The van der Waals surface area contributed by atoms with E-state index in [1.165, 1.54) is 12.3 Å². The molecule has 0 radical (unpaired) electrons. The van der Waals surface area contributed by atoms with Crippen LogP contribution in [0.4, 0.5) is 10.2 Å². The first-order chi connectivity index (χ1) is 9.56. The third-order valence-corrected chi connectivity index (χ3v) is 3.86. The molecule has 104 valence electrons. The molecule has 1 heterocycles. The summed E-state index contributed by atoms with van der Waals surface area (Å²) in [5, 5.41) is 2.71. The summed E-state index contributed by atoms with van der Waals surface area (Å²) in [6.45, 7) is 1.71. The van der Waals surface area contributed by atoms with Crippen LogP contribution in [0.15, 0.2) is 47.5 Å². The molecule has 1 N–H and O–H groups in total. The number of rotatable bonds is 4. The van der Waals surface area contributed by atoms with Gasteiger partial charge in [-0.2, -0.15) is 0 Å². The number of amides is 1. The number of anilines is 1. The van der Waals surface area contributed by atoms with Gasteiger partial charge in [-0.1, -0.05) is 23.7 Å². The number of halogens is 2. The molecule has 1 amide bonds. The van der Waals surface area contributed by atoms with E-state index in [9.17, 15) is 9.18 Å². The van der Waals surface area contributed by atoms with Gasteiger partial charge in [0, 0.05) is 11.1 Å². The summed E-state index contributed by atoms with van der Waals surface area (Å²) in [4.78, 5) is 16.4.